The predicted molar refractivity (Wildman–Crippen MR) is 97.9 cm³/mol. The van der Waals surface area contributed by atoms with Gasteiger partial charge in [-0.15, -0.1) is 0 Å². The number of amides is 1. The second kappa shape index (κ2) is 8.29. The number of rotatable bonds is 7. The molecule has 1 unspecified atom stereocenters. The molecule has 0 radical (unpaired) electrons. The van der Waals surface area contributed by atoms with Gasteiger partial charge in [-0.25, -0.2) is 0 Å². The molecule has 1 amide bonds. The Morgan fingerprint density at radius 1 is 1.23 bits per heavy atom. The first-order valence-electron chi connectivity index (χ1n) is 8.34. The Kier molecular flexibility index (Phi) is 5.85. The van der Waals surface area contributed by atoms with Crippen LogP contribution in [0.4, 0.5) is 0 Å². The first-order valence-corrected chi connectivity index (χ1v) is 8.72. The third-order valence-electron chi connectivity index (χ3n) is 4.12. The largest absolute Gasteiger partial charge is 0.496 e. The lowest BCUT2D eigenvalue weighted by Crippen LogP contribution is -3.08. The van der Waals surface area contributed by atoms with Crippen molar-refractivity contribution in [3.05, 3.63) is 52.5 Å². The lowest BCUT2D eigenvalue weighted by Gasteiger charge is -2.16. The maximum atomic E-state index is 12.2. The van der Waals surface area contributed by atoms with Gasteiger partial charge in [-0.2, -0.15) is 0 Å². The van der Waals surface area contributed by atoms with Crippen molar-refractivity contribution >= 4 is 17.5 Å². The van der Waals surface area contributed by atoms with Crippen molar-refractivity contribution in [3.63, 3.8) is 0 Å². The number of hydrogen-bond acceptors (Lipinski definition) is 4. The highest BCUT2D eigenvalue weighted by Gasteiger charge is 2.15. The Hall–Kier alpha value is -2.44. The van der Waals surface area contributed by atoms with Crippen molar-refractivity contribution < 1.29 is 23.9 Å². The van der Waals surface area contributed by atoms with Crippen molar-refractivity contribution in [2.45, 2.75) is 13.1 Å². The number of fused-ring (bicyclic) bond motifs is 1. The Bertz CT molecular complexity index is 797. The van der Waals surface area contributed by atoms with E-state index >= 15 is 0 Å². The molecular weight excluding hydrogens is 356 g/mol. The number of benzene rings is 2. The lowest BCUT2D eigenvalue weighted by molar-refractivity contribution is -0.885. The van der Waals surface area contributed by atoms with Gasteiger partial charge >= 0.3 is 0 Å². The molecule has 26 heavy (non-hydrogen) atoms. The van der Waals surface area contributed by atoms with Gasteiger partial charge in [0.25, 0.3) is 5.91 Å². The SMILES string of the molecule is COc1ccc(Cl)cc1C[NH+](C)CC(=O)NCc1ccc2c(c1)OCO2. The number of carbonyl (C=O) groups excluding carboxylic acids is 1. The Morgan fingerprint density at radius 2 is 2.04 bits per heavy atom. The molecule has 7 heteroatoms. The van der Waals surface area contributed by atoms with E-state index < -0.39 is 0 Å². The summed E-state index contributed by atoms with van der Waals surface area (Å²) < 4.78 is 16.0. The van der Waals surface area contributed by atoms with Gasteiger partial charge in [-0.3, -0.25) is 4.79 Å². The molecule has 3 rings (SSSR count). The van der Waals surface area contributed by atoms with E-state index in [1.807, 2.05) is 37.4 Å². The van der Waals surface area contributed by atoms with Crippen LogP contribution in [0.2, 0.25) is 5.02 Å². The molecule has 2 aromatic carbocycles. The van der Waals surface area contributed by atoms with Gasteiger partial charge in [0.2, 0.25) is 6.79 Å². The van der Waals surface area contributed by atoms with Gasteiger partial charge in [-0.05, 0) is 35.9 Å². The van der Waals surface area contributed by atoms with E-state index in [2.05, 4.69) is 5.32 Å². The minimum absolute atomic E-state index is 0.0267. The first kappa shape index (κ1) is 18.4. The maximum absolute atomic E-state index is 12.2. The fourth-order valence-corrected chi connectivity index (χ4v) is 3.06. The Labute approximate surface area is 157 Å². The summed E-state index contributed by atoms with van der Waals surface area (Å²) in [5.41, 5.74) is 1.94. The van der Waals surface area contributed by atoms with E-state index in [0.29, 0.717) is 30.4 Å². The summed E-state index contributed by atoms with van der Waals surface area (Å²) in [5, 5.41) is 3.59. The van der Waals surface area contributed by atoms with Crippen molar-refractivity contribution in [2.75, 3.05) is 27.5 Å². The van der Waals surface area contributed by atoms with E-state index in [1.54, 1.807) is 13.2 Å². The number of quaternary nitrogens is 1. The second-order valence-electron chi connectivity index (χ2n) is 6.23. The van der Waals surface area contributed by atoms with Crippen LogP contribution in [0.15, 0.2) is 36.4 Å². The van der Waals surface area contributed by atoms with Crippen LogP contribution in [0.1, 0.15) is 11.1 Å². The van der Waals surface area contributed by atoms with Crippen LogP contribution in [0.5, 0.6) is 17.2 Å². The molecule has 2 N–H and O–H groups in total. The van der Waals surface area contributed by atoms with Gasteiger partial charge in [-0.1, -0.05) is 17.7 Å². The average molecular weight is 378 g/mol. The standard InChI is InChI=1S/C19H21ClN2O4/c1-22(10-14-8-15(20)4-6-16(14)24-2)11-19(23)21-9-13-3-5-17-18(7-13)26-12-25-17/h3-8H,9-12H2,1-2H3,(H,21,23)/p+1. The molecule has 1 atom stereocenters. The molecule has 1 aliphatic rings. The summed E-state index contributed by atoms with van der Waals surface area (Å²) in [5.74, 6) is 2.20. The molecular formula is C19H22ClN2O4+. The highest BCUT2D eigenvalue weighted by atomic mass is 35.5. The number of methoxy groups -OCH3 is 1. The summed E-state index contributed by atoms with van der Waals surface area (Å²) in [7, 11) is 3.58. The van der Waals surface area contributed by atoms with Crippen LogP contribution in [-0.4, -0.2) is 33.4 Å². The highest BCUT2D eigenvalue weighted by molar-refractivity contribution is 6.30. The molecule has 2 aromatic rings. The molecule has 0 bridgehead atoms. The van der Waals surface area contributed by atoms with Crippen LogP contribution in [0, 0.1) is 0 Å². The average Bonchev–Trinajstić information content (AvgIpc) is 3.08. The van der Waals surface area contributed by atoms with Crippen LogP contribution < -0.4 is 24.4 Å². The molecule has 1 heterocycles. The summed E-state index contributed by atoms with van der Waals surface area (Å²) in [6.45, 7) is 1.68. The zero-order valence-corrected chi connectivity index (χ0v) is 15.6. The number of hydrogen-bond donors (Lipinski definition) is 2. The number of carbonyl (C=O) groups is 1. The van der Waals surface area contributed by atoms with Gasteiger partial charge in [0.1, 0.15) is 12.3 Å². The third kappa shape index (κ3) is 4.59. The van der Waals surface area contributed by atoms with E-state index in [4.69, 9.17) is 25.8 Å². The minimum Gasteiger partial charge on any atom is -0.496 e. The monoisotopic (exact) mass is 377 g/mol. The van der Waals surface area contributed by atoms with Crippen molar-refractivity contribution in [3.8, 4) is 17.2 Å². The van der Waals surface area contributed by atoms with Crippen molar-refractivity contribution in [2.24, 2.45) is 0 Å². The predicted octanol–water partition coefficient (Wildman–Crippen LogP) is 1.41. The summed E-state index contributed by atoms with van der Waals surface area (Å²) >= 11 is 6.06. The van der Waals surface area contributed by atoms with E-state index in [1.165, 1.54) is 0 Å². The smallest absolute Gasteiger partial charge is 0.275 e. The van der Waals surface area contributed by atoms with Crippen LogP contribution in [-0.2, 0) is 17.9 Å². The highest BCUT2D eigenvalue weighted by Crippen LogP contribution is 2.32. The molecule has 0 saturated heterocycles. The Balaban J connectivity index is 1.51. The molecule has 0 aromatic heterocycles. The summed E-state index contributed by atoms with van der Waals surface area (Å²) in [4.78, 5) is 13.3. The fraction of sp³-hybridized carbons (Fsp3) is 0.316. The normalized spacial score (nSPS) is 13.3. The molecule has 0 aliphatic carbocycles. The number of ether oxygens (including phenoxy) is 3. The van der Waals surface area contributed by atoms with Gasteiger partial charge < -0.3 is 24.4 Å². The number of nitrogens with one attached hydrogen (secondary N) is 2. The molecule has 0 spiro atoms. The summed E-state index contributed by atoms with van der Waals surface area (Å²) in [6, 6.07) is 11.2. The van der Waals surface area contributed by atoms with Crippen LogP contribution in [0.25, 0.3) is 0 Å². The quantitative estimate of drug-likeness (QED) is 0.766. The molecule has 6 nitrogen and oxygen atoms in total. The van der Waals surface area contributed by atoms with E-state index in [9.17, 15) is 4.79 Å². The second-order valence-corrected chi connectivity index (χ2v) is 6.67. The minimum atomic E-state index is -0.0267. The zero-order valence-electron chi connectivity index (χ0n) is 14.8. The molecule has 0 fully saturated rings. The van der Waals surface area contributed by atoms with Crippen LogP contribution in [0.3, 0.4) is 0 Å². The maximum Gasteiger partial charge on any atom is 0.275 e. The first-order chi connectivity index (χ1) is 12.5. The Morgan fingerprint density at radius 3 is 2.85 bits per heavy atom. The molecule has 0 saturated carbocycles. The number of likely N-dealkylation sites (N-methyl/N-ethyl adjacent to an activating group) is 1. The third-order valence-corrected chi connectivity index (χ3v) is 4.36. The molecule has 138 valence electrons. The summed E-state index contributed by atoms with van der Waals surface area (Å²) in [6.07, 6.45) is 0. The van der Waals surface area contributed by atoms with Crippen LogP contribution >= 0.6 is 11.6 Å². The van der Waals surface area contributed by atoms with E-state index in [0.717, 1.165) is 27.5 Å². The van der Waals surface area contributed by atoms with Gasteiger partial charge in [0.05, 0.1) is 14.2 Å². The van der Waals surface area contributed by atoms with Gasteiger partial charge in [0.15, 0.2) is 18.0 Å². The van der Waals surface area contributed by atoms with Gasteiger partial charge in [0, 0.05) is 17.1 Å². The fourth-order valence-electron chi connectivity index (χ4n) is 2.86. The van der Waals surface area contributed by atoms with E-state index in [-0.39, 0.29) is 12.7 Å². The zero-order chi connectivity index (χ0) is 18.5. The van der Waals surface area contributed by atoms with Crippen molar-refractivity contribution in [1.29, 1.82) is 0 Å². The molecule has 1 aliphatic heterocycles. The lowest BCUT2D eigenvalue weighted by atomic mass is 10.2. The van der Waals surface area contributed by atoms with Crippen molar-refractivity contribution in [1.82, 2.24) is 5.32 Å². The number of halogens is 1. The topological polar surface area (TPSA) is 61.2 Å².